The van der Waals surface area contributed by atoms with Gasteiger partial charge in [-0.3, -0.25) is 0 Å². The Hall–Kier alpha value is -1.55. The average molecular weight is 205 g/mol. The summed E-state index contributed by atoms with van der Waals surface area (Å²) in [7, 11) is 0. The van der Waals surface area contributed by atoms with E-state index in [-0.39, 0.29) is 5.84 Å². The Labute approximate surface area is 88.8 Å². The fourth-order valence-corrected chi connectivity index (χ4v) is 2.09. The number of rotatable bonds is 1. The van der Waals surface area contributed by atoms with Gasteiger partial charge < -0.3 is 16.3 Å². The maximum atomic E-state index is 8.67. The first-order valence-corrected chi connectivity index (χ1v) is 5.04. The Morgan fingerprint density at radius 3 is 3.07 bits per heavy atom. The fourth-order valence-electron chi connectivity index (χ4n) is 2.09. The molecule has 0 saturated carbocycles. The predicted octanol–water partition coefficient (Wildman–Crippen LogP) is 0.735. The number of amidine groups is 1. The molecule has 1 aliphatic rings. The molecule has 1 aromatic carbocycles. The molecule has 0 radical (unpaired) electrons. The lowest BCUT2D eigenvalue weighted by atomic mass is 9.92. The second kappa shape index (κ2) is 3.90. The SMILES string of the molecule is Cc1c(/C(N)=N/O)ccc2c1CCNC2. The molecule has 0 aliphatic carbocycles. The molecule has 0 atom stereocenters. The van der Waals surface area contributed by atoms with Crippen LogP contribution in [-0.4, -0.2) is 17.6 Å². The van der Waals surface area contributed by atoms with Crippen LogP contribution in [0.15, 0.2) is 17.3 Å². The molecule has 0 fully saturated rings. The summed E-state index contributed by atoms with van der Waals surface area (Å²) in [6.07, 6.45) is 1.01. The van der Waals surface area contributed by atoms with E-state index in [4.69, 9.17) is 10.9 Å². The molecule has 15 heavy (non-hydrogen) atoms. The van der Waals surface area contributed by atoms with E-state index in [0.29, 0.717) is 0 Å². The maximum absolute atomic E-state index is 8.67. The molecule has 4 heteroatoms. The number of nitrogens with two attached hydrogens (primary N) is 1. The van der Waals surface area contributed by atoms with Crippen molar-refractivity contribution in [2.75, 3.05) is 6.54 Å². The van der Waals surface area contributed by atoms with Gasteiger partial charge in [0.1, 0.15) is 0 Å². The molecule has 0 amide bonds. The molecular weight excluding hydrogens is 190 g/mol. The fraction of sp³-hybridized carbons (Fsp3) is 0.364. The summed E-state index contributed by atoms with van der Waals surface area (Å²) in [5.41, 5.74) is 10.2. The highest BCUT2D eigenvalue weighted by Gasteiger charge is 2.14. The first kappa shape index (κ1) is 9.98. The summed E-state index contributed by atoms with van der Waals surface area (Å²) in [6, 6.07) is 3.96. The molecular formula is C11H15N3O. The van der Waals surface area contributed by atoms with E-state index in [1.54, 1.807) is 0 Å². The predicted molar refractivity (Wildman–Crippen MR) is 59.1 cm³/mol. The van der Waals surface area contributed by atoms with Crippen molar-refractivity contribution in [3.63, 3.8) is 0 Å². The molecule has 0 spiro atoms. The Kier molecular flexibility index (Phi) is 2.60. The molecule has 1 aromatic rings. The third-order valence-corrected chi connectivity index (χ3v) is 2.95. The van der Waals surface area contributed by atoms with Gasteiger partial charge in [-0.1, -0.05) is 17.3 Å². The van der Waals surface area contributed by atoms with Crippen molar-refractivity contribution in [1.82, 2.24) is 5.32 Å². The second-order valence-electron chi connectivity index (χ2n) is 3.79. The van der Waals surface area contributed by atoms with Gasteiger partial charge >= 0.3 is 0 Å². The lowest BCUT2D eigenvalue weighted by Gasteiger charge is -2.20. The highest BCUT2D eigenvalue weighted by atomic mass is 16.4. The lowest BCUT2D eigenvalue weighted by Crippen LogP contribution is -2.26. The number of fused-ring (bicyclic) bond motifs is 1. The van der Waals surface area contributed by atoms with E-state index >= 15 is 0 Å². The van der Waals surface area contributed by atoms with Crippen molar-refractivity contribution in [2.24, 2.45) is 10.9 Å². The summed E-state index contributed by atoms with van der Waals surface area (Å²) >= 11 is 0. The first-order valence-electron chi connectivity index (χ1n) is 5.04. The van der Waals surface area contributed by atoms with Crippen LogP contribution in [0.2, 0.25) is 0 Å². The second-order valence-corrected chi connectivity index (χ2v) is 3.79. The molecule has 0 saturated heterocycles. The maximum Gasteiger partial charge on any atom is 0.170 e. The van der Waals surface area contributed by atoms with Crippen LogP contribution in [-0.2, 0) is 13.0 Å². The zero-order chi connectivity index (χ0) is 10.8. The van der Waals surface area contributed by atoms with Crippen LogP contribution in [0.25, 0.3) is 0 Å². The summed E-state index contributed by atoms with van der Waals surface area (Å²) < 4.78 is 0. The summed E-state index contributed by atoms with van der Waals surface area (Å²) in [6.45, 7) is 3.93. The molecule has 1 heterocycles. The van der Waals surface area contributed by atoms with E-state index in [1.165, 1.54) is 11.1 Å². The monoisotopic (exact) mass is 205 g/mol. The molecule has 0 unspecified atom stereocenters. The molecule has 4 nitrogen and oxygen atoms in total. The van der Waals surface area contributed by atoms with Gasteiger partial charge in [-0.05, 0) is 36.6 Å². The summed E-state index contributed by atoms with van der Waals surface area (Å²) in [4.78, 5) is 0. The first-order chi connectivity index (χ1) is 7.24. The quantitative estimate of drug-likeness (QED) is 0.274. The number of oxime groups is 1. The zero-order valence-corrected chi connectivity index (χ0v) is 8.75. The number of hydrogen-bond acceptors (Lipinski definition) is 3. The van der Waals surface area contributed by atoms with Crippen molar-refractivity contribution >= 4 is 5.84 Å². The van der Waals surface area contributed by atoms with E-state index < -0.39 is 0 Å². The smallest absolute Gasteiger partial charge is 0.170 e. The van der Waals surface area contributed by atoms with Crippen molar-refractivity contribution in [3.8, 4) is 0 Å². The standard InChI is InChI=1S/C11H15N3O/c1-7-9-4-5-13-6-8(9)2-3-10(7)11(12)14-15/h2-3,13,15H,4-6H2,1H3,(H2,12,14). The molecule has 0 bridgehead atoms. The molecule has 0 aromatic heterocycles. The Balaban J connectivity index is 2.52. The van der Waals surface area contributed by atoms with Gasteiger partial charge in [-0.25, -0.2) is 0 Å². The summed E-state index contributed by atoms with van der Waals surface area (Å²) in [5.74, 6) is 0.189. The highest BCUT2D eigenvalue weighted by Crippen LogP contribution is 2.21. The van der Waals surface area contributed by atoms with Gasteiger partial charge in [-0.15, -0.1) is 0 Å². The van der Waals surface area contributed by atoms with Gasteiger partial charge in [0.15, 0.2) is 5.84 Å². The van der Waals surface area contributed by atoms with Crippen LogP contribution in [0.5, 0.6) is 0 Å². The average Bonchev–Trinajstić information content (AvgIpc) is 2.29. The van der Waals surface area contributed by atoms with Crippen LogP contribution in [0.1, 0.15) is 22.3 Å². The number of nitrogens with one attached hydrogen (secondary N) is 1. The van der Waals surface area contributed by atoms with Gasteiger partial charge in [0.25, 0.3) is 0 Å². The Morgan fingerprint density at radius 2 is 2.33 bits per heavy atom. The zero-order valence-electron chi connectivity index (χ0n) is 8.75. The Morgan fingerprint density at radius 1 is 1.53 bits per heavy atom. The van der Waals surface area contributed by atoms with Crippen LogP contribution >= 0.6 is 0 Å². The minimum absolute atomic E-state index is 0.189. The largest absolute Gasteiger partial charge is 0.409 e. The normalized spacial score (nSPS) is 16.2. The highest BCUT2D eigenvalue weighted by molar-refractivity contribution is 5.98. The lowest BCUT2D eigenvalue weighted by molar-refractivity contribution is 0.318. The van der Waals surface area contributed by atoms with Crippen LogP contribution in [0.4, 0.5) is 0 Å². The van der Waals surface area contributed by atoms with Gasteiger partial charge in [0.2, 0.25) is 0 Å². The third kappa shape index (κ3) is 1.68. The number of hydrogen-bond donors (Lipinski definition) is 3. The van der Waals surface area contributed by atoms with Crippen molar-refractivity contribution in [3.05, 3.63) is 34.4 Å². The number of nitrogens with zero attached hydrogens (tertiary/aromatic N) is 1. The topological polar surface area (TPSA) is 70.6 Å². The minimum Gasteiger partial charge on any atom is -0.409 e. The molecule has 4 N–H and O–H groups in total. The molecule has 1 aliphatic heterocycles. The van der Waals surface area contributed by atoms with Gasteiger partial charge in [0.05, 0.1) is 0 Å². The molecule has 80 valence electrons. The van der Waals surface area contributed by atoms with E-state index in [2.05, 4.69) is 10.5 Å². The summed E-state index contributed by atoms with van der Waals surface area (Å²) in [5, 5.41) is 15.0. The number of benzene rings is 1. The van der Waals surface area contributed by atoms with Crippen molar-refractivity contribution < 1.29 is 5.21 Å². The van der Waals surface area contributed by atoms with E-state index in [9.17, 15) is 0 Å². The van der Waals surface area contributed by atoms with Crippen LogP contribution < -0.4 is 11.1 Å². The van der Waals surface area contributed by atoms with E-state index in [1.807, 2.05) is 19.1 Å². The van der Waals surface area contributed by atoms with Gasteiger partial charge in [0, 0.05) is 12.1 Å². The molecule has 2 rings (SSSR count). The van der Waals surface area contributed by atoms with E-state index in [0.717, 1.165) is 30.6 Å². The van der Waals surface area contributed by atoms with Crippen molar-refractivity contribution in [1.29, 1.82) is 0 Å². The van der Waals surface area contributed by atoms with Gasteiger partial charge in [-0.2, -0.15) is 0 Å². The Bertz CT molecular complexity index is 413. The van der Waals surface area contributed by atoms with Crippen LogP contribution in [0.3, 0.4) is 0 Å². The van der Waals surface area contributed by atoms with Crippen molar-refractivity contribution in [2.45, 2.75) is 19.9 Å². The minimum atomic E-state index is 0.189. The third-order valence-electron chi connectivity index (χ3n) is 2.95. The van der Waals surface area contributed by atoms with Crippen LogP contribution in [0, 0.1) is 6.92 Å².